The molecule has 2 unspecified atom stereocenters. The van der Waals surface area contributed by atoms with Gasteiger partial charge in [-0.25, -0.2) is 4.39 Å². The summed E-state index contributed by atoms with van der Waals surface area (Å²) in [7, 11) is 0. The molecule has 1 aliphatic heterocycles. The van der Waals surface area contributed by atoms with Gasteiger partial charge in [0.2, 0.25) is 5.91 Å². The summed E-state index contributed by atoms with van der Waals surface area (Å²) in [4.78, 5) is 13.4. The lowest BCUT2D eigenvalue weighted by molar-refractivity contribution is -0.117. The number of carbonyl (C=O) groups is 1. The molecule has 1 aromatic carbocycles. The van der Waals surface area contributed by atoms with Gasteiger partial charge in [-0.1, -0.05) is 34.5 Å². The lowest BCUT2D eigenvalue weighted by atomic mass is 9.97. The second kappa shape index (κ2) is 7.90. The van der Waals surface area contributed by atoms with E-state index in [2.05, 4.69) is 20.8 Å². The van der Waals surface area contributed by atoms with Crippen molar-refractivity contribution < 1.29 is 9.18 Å². The molecule has 0 radical (unpaired) electrons. The minimum absolute atomic E-state index is 0.196. The first-order valence-electron chi connectivity index (χ1n) is 7.48. The van der Waals surface area contributed by atoms with E-state index in [-0.39, 0.29) is 16.6 Å². The van der Waals surface area contributed by atoms with Crippen LogP contribution in [0.5, 0.6) is 0 Å². The van der Waals surface area contributed by atoms with E-state index in [1.54, 1.807) is 0 Å². The van der Waals surface area contributed by atoms with E-state index >= 15 is 0 Å². The van der Waals surface area contributed by atoms with Crippen molar-refractivity contribution in [2.24, 2.45) is 5.73 Å². The van der Waals surface area contributed by atoms with Crippen LogP contribution in [0.4, 0.5) is 4.39 Å². The number of nitrogens with two attached hydrogens (primary N) is 1. The predicted octanol–water partition coefficient (Wildman–Crippen LogP) is 2.86. The van der Waals surface area contributed by atoms with Crippen molar-refractivity contribution in [1.29, 1.82) is 0 Å². The molecule has 2 rings (SSSR count). The highest BCUT2D eigenvalue weighted by Crippen LogP contribution is 2.23. The number of alkyl halides is 1. The van der Waals surface area contributed by atoms with E-state index in [1.165, 1.54) is 25.0 Å². The van der Waals surface area contributed by atoms with Gasteiger partial charge in [0, 0.05) is 12.6 Å². The molecule has 1 aliphatic rings. The van der Waals surface area contributed by atoms with Crippen LogP contribution in [0.1, 0.15) is 31.2 Å². The summed E-state index contributed by atoms with van der Waals surface area (Å²) in [6, 6.07) is 7.08. The lowest BCUT2D eigenvalue weighted by Gasteiger charge is -2.36. The summed E-state index contributed by atoms with van der Waals surface area (Å²) in [5, 5.41) is 0. The third-order valence-corrected chi connectivity index (χ3v) is 4.96. The van der Waals surface area contributed by atoms with Crippen molar-refractivity contribution in [2.75, 3.05) is 13.1 Å². The van der Waals surface area contributed by atoms with Crippen molar-refractivity contribution in [1.82, 2.24) is 4.90 Å². The van der Waals surface area contributed by atoms with Crippen LogP contribution in [0.25, 0.3) is 0 Å². The van der Waals surface area contributed by atoms with Crippen LogP contribution < -0.4 is 5.73 Å². The monoisotopic (exact) mass is 356 g/mol. The van der Waals surface area contributed by atoms with Crippen LogP contribution in [0.2, 0.25) is 0 Å². The van der Waals surface area contributed by atoms with Crippen molar-refractivity contribution in [2.45, 2.75) is 43.0 Å². The molecule has 1 fully saturated rings. The van der Waals surface area contributed by atoms with Gasteiger partial charge >= 0.3 is 0 Å². The molecule has 0 bridgehead atoms. The van der Waals surface area contributed by atoms with Crippen molar-refractivity contribution in [3.63, 3.8) is 0 Å². The maximum absolute atomic E-state index is 12.9. The van der Waals surface area contributed by atoms with Crippen molar-refractivity contribution >= 4 is 21.8 Å². The zero-order valence-electron chi connectivity index (χ0n) is 12.1. The second-order valence-electron chi connectivity index (χ2n) is 5.67. The fourth-order valence-electron chi connectivity index (χ4n) is 2.90. The molecule has 3 nitrogen and oxygen atoms in total. The average Bonchev–Trinajstić information content (AvgIpc) is 2.48. The van der Waals surface area contributed by atoms with Crippen LogP contribution in [0, 0.1) is 5.82 Å². The minimum Gasteiger partial charge on any atom is -0.369 e. The molecule has 5 heteroatoms. The number of primary amides is 1. The van der Waals surface area contributed by atoms with E-state index in [0.29, 0.717) is 6.04 Å². The summed E-state index contributed by atoms with van der Waals surface area (Å²) in [5.74, 6) is -0.489. The maximum Gasteiger partial charge on any atom is 0.231 e. The summed E-state index contributed by atoms with van der Waals surface area (Å²) in [5.41, 5.74) is 6.48. The number of rotatable bonds is 6. The number of likely N-dealkylation sites (tertiary alicyclic amines) is 1. The number of halogens is 2. The molecule has 0 aromatic heterocycles. The molecular formula is C16H22BrFN2O. The largest absolute Gasteiger partial charge is 0.369 e. The van der Waals surface area contributed by atoms with E-state index in [1.807, 2.05) is 12.1 Å². The Kier molecular flexibility index (Phi) is 6.18. The zero-order valence-corrected chi connectivity index (χ0v) is 13.7. The van der Waals surface area contributed by atoms with Gasteiger partial charge in [0.1, 0.15) is 5.82 Å². The quantitative estimate of drug-likeness (QED) is 0.796. The number of benzene rings is 1. The highest BCUT2D eigenvalue weighted by atomic mass is 79.9. The smallest absolute Gasteiger partial charge is 0.231 e. The first-order chi connectivity index (χ1) is 10.1. The van der Waals surface area contributed by atoms with E-state index in [9.17, 15) is 9.18 Å². The summed E-state index contributed by atoms with van der Waals surface area (Å²) in [6.07, 6.45) is 5.18. The van der Waals surface area contributed by atoms with Crippen molar-refractivity contribution in [3.8, 4) is 0 Å². The van der Waals surface area contributed by atoms with Crippen LogP contribution in [0.3, 0.4) is 0 Å². The van der Waals surface area contributed by atoms with Gasteiger partial charge in [0.15, 0.2) is 0 Å². The molecule has 21 heavy (non-hydrogen) atoms. The van der Waals surface area contributed by atoms with Gasteiger partial charge in [-0.15, -0.1) is 0 Å². The number of hydrogen-bond donors (Lipinski definition) is 1. The Morgan fingerprint density at radius 1 is 1.38 bits per heavy atom. The number of carbonyl (C=O) groups excluding carboxylic acids is 1. The summed E-state index contributed by atoms with van der Waals surface area (Å²) in [6.45, 7) is 2.00. The lowest BCUT2D eigenvalue weighted by Crippen LogP contribution is -2.43. The molecule has 0 saturated carbocycles. The predicted molar refractivity (Wildman–Crippen MR) is 85.8 cm³/mol. The third kappa shape index (κ3) is 5.08. The molecule has 1 aromatic rings. The van der Waals surface area contributed by atoms with Crippen LogP contribution >= 0.6 is 15.9 Å². The Morgan fingerprint density at radius 2 is 2.10 bits per heavy atom. The van der Waals surface area contributed by atoms with Crippen LogP contribution in [-0.2, 0) is 11.2 Å². The molecule has 1 amide bonds. The van der Waals surface area contributed by atoms with Gasteiger partial charge in [-0.3, -0.25) is 4.79 Å². The highest BCUT2D eigenvalue weighted by Gasteiger charge is 2.26. The van der Waals surface area contributed by atoms with Crippen LogP contribution in [-0.4, -0.2) is 34.8 Å². The van der Waals surface area contributed by atoms with Gasteiger partial charge in [0.25, 0.3) is 0 Å². The number of hydrogen-bond acceptors (Lipinski definition) is 2. The fourth-order valence-corrected chi connectivity index (χ4v) is 3.33. The zero-order chi connectivity index (χ0) is 15.2. The molecule has 1 heterocycles. The first kappa shape index (κ1) is 16.4. The summed E-state index contributed by atoms with van der Waals surface area (Å²) < 4.78 is 12.9. The van der Waals surface area contributed by atoms with E-state index in [4.69, 9.17) is 5.73 Å². The topological polar surface area (TPSA) is 46.3 Å². The maximum atomic E-state index is 12.9. The third-order valence-electron chi connectivity index (χ3n) is 4.14. The van der Waals surface area contributed by atoms with E-state index in [0.717, 1.165) is 37.9 Å². The Hall–Kier alpha value is -0.940. The fraction of sp³-hybridized carbons (Fsp3) is 0.562. The second-order valence-corrected chi connectivity index (χ2v) is 6.77. The van der Waals surface area contributed by atoms with Gasteiger partial charge in [-0.05, 0) is 49.9 Å². The SMILES string of the molecule is NC(=O)C(Br)CC1CCCCN1CCc1ccc(F)cc1. The van der Waals surface area contributed by atoms with E-state index < -0.39 is 0 Å². The average molecular weight is 357 g/mol. The van der Waals surface area contributed by atoms with Gasteiger partial charge < -0.3 is 10.6 Å². The Bertz CT molecular complexity index is 466. The van der Waals surface area contributed by atoms with Gasteiger partial charge in [0.05, 0.1) is 4.83 Å². The molecule has 2 atom stereocenters. The Labute approximate surface area is 133 Å². The number of nitrogens with zero attached hydrogens (tertiary/aromatic N) is 1. The standard InChI is InChI=1S/C16H22BrFN2O/c17-15(16(19)21)11-14-3-1-2-9-20(14)10-8-12-4-6-13(18)7-5-12/h4-7,14-15H,1-3,8-11H2,(H2,19,21). The highest BCUT2D eigenvalue weighted by molar-refractivity contribution is 9.10. The Morgan fingerprint density at radius 3 is 2.76 bits per heavy atom. The molecule has 1 saturated heterocycles. The van der Waals surface area contributed by atoms with Crippen LogP contribution in [0.15, 0.2) is 24.3 Å². The number of piperidine rings is 1. The Balaban J connectivity index is 1.89. The molecule has 0 spiro atoms. The number of amides is 1. The normalized spacial score (nSPS) is 21.1. The molecule has 0 aliphatic carbocycles. The summed E-state index contributed by atoms with van der Waals surface area (Å²) >= 11 is 3.37. The first-order valence-corrected chi connectivity index (χ1v) is 8.39. The van der Waals surface area contributed by atoms with Crippen molar-refractivity contribution in [3.05, 3.63) is 35.6 Å². The minimum atomic E-state index is -0.293. The molecule has 116 valence electrons. The molecule has 2 N–H and O–H groups in total. The van der Waals surface area contributed by atoms with Gasteiger partial charge in [-0.2, -0.15) is 0 Å². The molecular weight excluding hydrogens is 335 g/mol.